The smallest absolute Gasteiger partial charge is 0.222 e. The van der Waals surface area contributed by atoms with Crippen molar-refractivity contribution in [1.29, 1.82) is 0 Å². The van der Waals surface area contributed by atoms with E-state index in [2.05, 4.69) is 15.7 Å². The van der Waals surface area contributed by atoms with Gasteiger partial charge in [-0.15, -0.1) is 0 Å². The minimum atomic E-state index is 0.208. The predicted molar refractivity (Wildman–Crippen MR) is 61.6 cm³/mol. The highest BCUT2D eigenvalue weighted by Gasteiger charge is 2.25. The number of hydrogen-bond donors (Lipinski definition) is 3. The van der Waals surface area contributed by atoms with Crippen LogP contribution in [0.15, 0.2) is 4.99 Å². The summed E-state index contributed by atoms with van der Waals surface area (Å²) in [6, 6.07) is 0.678. The molecule has 1 heterocycles. The van der Waals surface area contributed by atoms with Crippen molar-refractivity contribution >= 4 is 11.9 Å². The van der Waals surface area contributed by atoms with E-state index in [4.69, 9.17) is 5.84 Å². The molecule has 6 heteroatoms. The van der Waals surface area contributed by atoms with E-state index in [0.29, 0.717) is 25.0 Å². The number of guanidine groups is 1. The van der Waals surface area contributed by atoms with E-state index in [1.165, 1.54) is 0 Å². The number of piperidine rings is 1. The van der Waals surface area contributed by atoms with Gasteiger partial charge in [0.05, 0.1) is 6.04 Å². The van der Waals surface area contributed by atoms with E-state index in [0.717, 1.165) is 19.3 Å². The fourth-order valence-electron chi connectivity index (χ4n) is 1.83. The van der Waals surface area contributed by atoms with Gasteiger partial charge in [0.15, 0.2) is 0 Å². The van der Waals surface area contributed by atoms with Gasteiger partial charge in [0.1, 0.15) is 0 Å². The molecule has 0 radical (unpaired) electrons. The molecule has 2 rings (SSSR count). The lowest BCUT2D eigenvalue weighted by atomic mass is 10.1. The molecule has 1 saturated heterocycles. The van der Waals surface area contributed by atoms with Gasteiger partial charge >= 0.3 is 0 Å². The molecule has 0 aromatic carbocycles. The third-order valence-electron chi connectivity index (χ3n) is 2.96. The first kappa shape index (κ1) is 11.2. The highest BCUT2D eigenvalue weighted by Crippen LogP contribution is 2.23. The van der Waals surface area contributed by atoms with E-state index < -0.39 is 0 Å². The Morgan fingerprint density at radius 2 is 2.25 bits per heavy atom. The second kappa shape index (κ2) is 4.69. The standard InChI is InChI=1S/C10H19N5O/c1-15-6-8(4-5-9(15)16)13-10(14-11)12-7-2-3-7/h7-8H,2-6,11H2,1H3,(H2,12,13,14). The van der Waals surface area contributed by atoms with Gasteiger partial charge in [-0.05, 0) is 19.3 Å². The van der Waals surface area contributed by atoms with E-state index in [-0.39, 0.29) is 11.9 Å². The summed E-state index contributed by atoms with van der Waals surface area (Å²) in [4.78, 5) is 17.5. The molecule has 0 aromatic heterocycles. The van der Waals surface area contributed by atoms with Crippen LogP contribution in [0.25, 0.3) is 0 Å². The molecule has 90 valence electrons. The summed E-state index contributed by atoms with van der Waals surface area (Å²) in [5.74, 6) is 6.26. The maximum Gasteiger partial charge on any atom is 0.222 e. The summed E-state index contributed by atoms with van der Waals surface area (Å²) in [6.07, 6.45) is 3.73. The lowest BCUT2D eigenvalue weighted by Crippen LogP contribution is -2.53. The highest BCUT2D eigenvalue weighted by molar-refractivity contribution is 5.81. The monoisotopic (exact) mass is 225 g/mol. The van der Waals surface area contributed by atoms with Crippen molar-refractivity contribution in [2.75, 3.05) is 13.6 Å². The average molecular weight is 225 g/mol. The summed E-state index contributed by atoms with van der Waals surface area (Å²) < 4.78 is 0. The largest absolute Gasteiger partial charge is 0.351 e. The molecule has 2 fully saturated rings. The van der Waals surface area contributed by atoms with E-state index in [1.54, 1.807) is 4.90 Å². The van der Waals surface area contributed by atoms with Crippen LogP contribution in [0.1, 0.15) is 25.7 Å². The van der Waals surface area contributed by atoms with Crippen molar-refractivity contribution in [2.24, 2.45) is 10.8 Å². The molecule has 1 aliphatic heterocycles. The molecule has 6 nitrogen and oxygen atoms in total. The molecule has 4 N–H and O–H groups in total. The number of nitrogens with two attached hydrogens (primary N) is 1. The van der Waals surface area contributed by atoms with Crippen molar-refractivity contribution in [2.45, 2.75) is 37.8 Å². The molecule has 1 saturated carbocycles. The van der Waals surface area contributed by atoms with Crippen molar-refractivity contribution in [3.8, 4) is 0 Å². The van der Waals surface area contributed by atoms with Gasteiger partial charge in [-0.1, -0.05) is 0 Å². The minimum Gasteiger partial charge on any atom is -0.351 e. The fraction of sp³-hybridized carbons (Fsp3) is 0.800. The number of likely N-dealkylation sites (tertiary alicyclic amines) is 1. The van der Waals surface area contributed by atoms with Crippen LogP contribution in [-0.4, -0.2) is 42.4 Å². The number of nitrogens with one attached hydrogen (secondary N) is 2. The van der Waals surface area contributed by atoms with E-state index in [9.17, 15) is 4.79 Å². The first-order valence-electron chi connectivity index (χ1n) is 5.74. The molecule has 0 bridgehead atoms. The summed E-state index contributed by atoms with van der Waals surface area (Å²) in [5, 5.41) is 3.25. The molecule has 0 aromatic rings. The van der Waals surface area contributed by atoms with Crippen molar-refractivity contribution in [3.63, 3.8) is 0 Å². The van der Waals surface area contributed by atoms with E-state index >= 15 is 0 Å². The van der Waals surface area contributed by atoms with Gasteiger partial charge in [-0.25, -0.2) is 10.8 Å². The Balaban J connectivity index is 1.85. The predicted octanol–water partition coefficient (Wildman–Crippen LogP) is -0.821. The number of amides is 1. The van der Waals surface area contributed by atoms with Crippen LogP contribution in [0.5, 0.6) is 0 Å². The third kappa shape index (κ3) is 2.85. The minimum absolute atomic E-state index is 0.208. The molecule has 1 unspecified atom stereocenters. The number of rotatable bonds is 2. The fourth-order valence-corrected chi connectivity index (χ4v) is 1.83. The summed E-state index contributed by atoms with van der Waals surface area (Å²) >= 11 is 0. The van der Waals surface area contributed by atoms with Crippen LogP contribution in [0.3, 0.4) is 0 Å². The normalized spacial score (nSPS) is 26.9. The summed E-state index contributed by atoms with van der Waals surface area (Å²) in [5.41, 5.74) is 2.58. The highest BCUT2D eigenvalue weighted by atomic mass is 16.2. The zero-order valence-corrected chi connectivity index (χ0v) is 9.57. The third-order valence-corrected chi connectivity index (χ3v) is 2.96. The summed E-state index contributed by atoms with van der Waals surface area (Å²) in [6.45, 7) is 0.713. The van der Waals surface area contributed by atoms with Gasteiger partial charge in [-0.2, -0.15) is 0 Å². The van der Waals surface area contributed by atoms with Gasteiger partial charge < -0.3 is 10.2 Å². The number of nitrogens with zero attached hydrogens (tertiary/aromatic N) is 2. The van der Waals surface area contributed by atoms with Crippen molar-refractivity contribution in [1.82, 2.24) is 15.6 Å². The molecule has 16 heavy (non-hydrogen) atoms. The molecule has 1 aliphatic carbocycles. The van der Waals surface area contributed by atoms with Crippen molar-refractivity contribution < 1.29 is 4.79 Å². The summed E-state index contributed by atoms with van der Waals surface area (Å²) in [7, 11) is 1.82. The second-order valence-electron chi connectivity index (χ2n) is 4.51. The molecule has 0 spiro atoms. The van der Waals surface area contributed by atoms with Crippen LogP contribution < -0.4 is 16.6 Å². The number of hydrogen-bond acceptors (Lipinski definition) is 3. The number of carbonyl (C=O) groups excluding carboxylic acids is 1. The number of carbonyl (C=O) groups is 1. The van der Waals surface area contributed by atoms with Gasteiger partial charge in [0.2, 0.25) is 11.9 Å². The Bertz CT molecular complexity index is 300. The van der Waals surface area contributed by atoms with Crippen LogP contribution in [0.2, 0.25) is 0 Å². The maximum absolute atomic E-state index is 11.3. The first-order chi connectivity index (χ1) is 7.69. The van der Waals surface area contributed by atoms with Gasteiger partial charge in [0, 0.05) is 26.1 Å². The van der Waals surface area contributed by atoms with Crippen LogP contribution in [-0.2, 0) is 4.79 Å². The Morgan fingerprint density at radius 3 is 2.81 bits per heavy atom. The number of likely N-dealkylation sites (N-methyl/N-ethyl adjacent to an activating group) is 1. The van der Waals surface area contributed by atoms with Crippen LogP contribution in [0, 0.1) is 0 Å². The maximum atomic E-state index is 11.3. The van der Waals surface area contributed by atoms with Crippen LogP contribution in [0.4, 0.5) is 0 Å². The lowest BCUT2D eigenvalue weighted by molar-refractivity contribution is -0.132. The topological polar surface area (TPSA) is 82.8 Å². The zero-order chi connectivity index (χ0) is 11.5. The SMILES string of the molecule is CN1CC(NC(=NC2CC2)NN)CCC1=O. The number of hydrazine groups is 1. The molecular weight excluding hydrogens is 206 g/mol. The van der Waals surface area contributed by atoms with Gasteiger partial charge in [-0.3, -0.25) is 10.2 Å². The van der Waals surface area contributed by atoms with Gasteiger partial charge in [0.25, 0.3) is 0 Å². The first-order valence-corrected chi connectivity index (χ1v) is 5.74. The van der Waals surface area contributed by atoms with Crippen LogP contribution >= 0.6 is 0 Å². The van der Waals surface area contributed by atoms with E-state index in [1.807, 2.05) is 7.05 Å². The number of aliphatic imine (C=N–C) groups is 1. The molecule has 1 atom stereocenters. The molecule has 2 aliphatic rings. The lowest BCUT2D eigenvalue weighted by Gasteiger charge is -2.30. The van der Waals surface area contributed by atoms with Crippen molar-refractivity contribution in [3.05, 3.63) is 0 Å². The molecule has 1 amide bonds. The molecular formula is C10H19N5O. The Hall–Kier alpha value is -1.30. The quantitative estimate of drug-likeness (QED) is 0.248. The second-order valence-corrected chi connectivity index (χ2v) is 4.51. The average Bonchev–Trinajstić information content (AvgIpc) is 3.06. The Kier molecular flexibility index (Phi) is 3.28. The Labute approximate surface area is 95.2 Å². The Morgan fingerprint density at radius 1 is 1.50 bits per heavy atom. The zero-order valence-electron chi connectivity index (χ0n) is 9.57.